The van der Waals surface area contributed by atoms with E-state index in [0.29, 0.717) is 0 Å². The summed E-state index contributed by atoms with van der Waals surface area (Å²) in [5.74, 6) is 1.48. The Kier molecular flexibility index (Phi) is 4.75. The van der Waals surface area contributed by atoms with Gasteiger partial charge in [-0.15, -0.1) is 0 Å². The number of anilines is 1. The summed E-state index contributed by atoms with van der Waals surface area (Å²) in [5, 5.41) is 0.855. The standard InChI is InChI=1S/C16H25ClN2/c1-4-13(18)8-14-15(17)6-5-7-16(14)19-9-11(2)12(3)10-19/h5-7,11-13H,4,8-10,18H2,1-3H3. The van der Waals surface area contributed by atoms with Crippen molar-refractivity contribution in [3.05, 3.63) is 28.8 Å². The Labute approximate surface area is 121 Å². The van der Waals surface area contributed by atoms with E-state index in [-0.39, 0.29) is 6.04 Å². The maximum absolute atomic E-state index is 6.40. The van der Waals surface area contributed by atoms with Crippen molar-refractivity contribution in [3.63, 3.8) is 0 Å². The van der Waals surface area contributed by atoms with E-state index >= 15 is 0 Å². The van der Waals surface area contributed by atoms with Gasteiger partial charge in [0.1, 0.15) is 0 Å². The normalized spacial score (nSPS) is 24.8. The molecule has 0 saturated carbocycles. The van der Waals surface area contributed by atoms with Gasteiger partial charge in [0.25, 0.3) is 0 Å². The van der Waals surface area contributed by atoms with Crippen molar-refractivity contribution in [1.82, 2.24) is 0 Å². The number of nitrogens with two attached hydrogens (primary N) is 1. The molecule has 1 fully saturated rings. The summed E-state index contributed by atoms with van der Waals surface area (Å²) in [6.45, 7) is 9.02. The molecule has 0 spiro atoms. The number of nitrogens with zero attached hydrogens (tertiary/aromatic N) is 1. The summed E-state index contributed by atoms with van der Waals surface area (Å²) < 4.78 is 0. The lowest BCUT2D eigenvalue weighted by Gasteiger charge is -2.24. The quantitative estimate of drug-likeness (QED) is 0.911. The van der Waals surface area contributed by atoms with Gasteiger partial charge in [0.15, 0.2) is 0 Å². The molecule has 3 atom stereocenters. The van der Waals surface area contributed by atoms with Crippen LogP contribution >= 0.6 is 11.6 Å². The Hall–Kier alpha value is -0.730. The van der Waals surface area contributed by atoms with Crippen LogP contribution in [0.2, 0.25) is 5.02 Å². The summed E-state index contributed by atoms with van der Waals surface area (Å²) >= 11 is 6.40. The third-order valence-electron chi connectivity index (χ3n) is 4.41. The smallest absolute Gasteiger partial charge is 0.0459 e. The van der Waals surface area contributed by atoms with Gasteiger partial charge in [0.2, 0.25) is 0 Å². The van der Waals surface area contributed by atoms with E-state index in [9.17, 15) is 0 Å². The van der Waals surface area contributed by atoms with Crippen molar-refractivity contribution in [3.8, 4) is 0 Å². The highest BCUT2D eigenvalue weighted by Crippen LogP contribution is 2.34. The van der Waals surface area contributed by atoms with Crippen LogP contribution in [0, 0.1) is 11.8 Å². The average molecular weight is 281 g/mol. The van der Waals surface area contributed by atoms with E-state index in [1.54, 1.807) is 0 Å². The second kappa shape index (κ2) is 6.15. The number of benzene rings is 1. The van der Waals surface area contributed by atoms with E-state index in [4.69, 9.17) is 17.3 Å². The monoisotopic (exact) mass is 280 g/mol. The van der Waals surface area contributed by atoms with E-state index in [2.05, 4.69) is 31.7 Å². The van der Waals surface area contributed by atoms with Gasteiger partial charge in [0, 0.05) is 29.8 Å². The summed E-state index contributed by atoms with van der Waals surface area (Å²) in [5.41, 5.74) is 8.63. The fourth-order valence-corrected chi connectivity index (χ4v) is 3.03. The van der Waals surface area contributed by atoms with Crippen LogP contribution in [-0.4, -0.2) is 19.1 Å². The molecule has 0 aromatic heterocycles. The molecule has 1 aromatic carbocycles. The number of hydrogen-bond acceptors (Lipinski definition) is 2. The first kappa shape index (κ1) is 14.7. The molecule has 0 amide bonds. The SMILES string of the molecule is CCC(N)Cc1c(Cl)cccc1N1CC(C)C(C)C1. The van der Waals surface area contributed by atoms with Gasteiger partial charge < -0.3 is 10.6 Å². The first-order valence-corrected chi connectivity index (χ1v) is 7.68. The molecule has 2 nitrogen and oxygen atoms in total. The lowest BCUT2D eigenvalue weighted by molar-refractivity contribution is 0.494. The highest BCUT2D eigenvalue weighted by Gasteiger charge is 2.28. The first-order valence-electron chi connectivity index (χ1n) is 7.30. The zero-order valence-electron chi connectivity index (χ0n) is 12.2. The Bertz CT molecular complexity index is 423. The van der Waals surface area contributed by atoms with Crippen molar-refractivity contribution in [2.75, 3.05) is 18.0 Å². The molecule has 0 aliphatic carbocycles. The molecule has 3 heteroatoms. The Morgan fingerprint density at radius 3 is 2.53 bits per heavy atom. The molecule has 2 rings (SSSR count). The van der Waals surface area contributed by atoms with Crippen LogP contribution in [0.25, 0.3) is 0 Å². The third kappa shape index (κ3) is 3.24. The summed E-state index contributed by atoms with van der Waals surface area (Å²) in [4.78, 5) is 2.47. The van der Waals surface area contributed by atoms with Crippen molar-refractivity contribution in [1.29, 1.82) is 0 Å². The largest absolute Gasteiger partial charge is 0.371 e. The average Bonchev–Trinajstić information content (AvgIpc) is 2.71. The zero-order chi connectivity index (χ0) is 14.0. The van der Waals surface area contributed by atoms with Gasteiger partial charge >= 0.3 is 0 Å². The summed E-state index contributed by atoms with van der Waals surface area (Å²) in [6, 6.07) is 6.41. The van der Waals surface area contributed by atoms with Crippen molar-refractivity contribution in [2.45, 2.75) is 39.7 Å². The lowest BCUT2D eigenvalue weighted by atomic mass is 10.0. The molecule has 2 N–H and O–H groups in total. The van der Waals surface area contributed by atoms with Gasteiger partial charge in [-0.05, 0) is 42.4 Å². The summed E-state index contributed by atoms with van der Waals surface area (Å²) in [6.07, 6.45) is 1.85. The molecule has 1 aliphatic heterocycles. The van der Waals surface area contributed by atoms with Crippen LogP contribution in [0.5, 0.6) is 0 Å². The second-order valence-corrected chi connectivity index (χ2v) is 6.38. The van der Waals surface area contributed by atoms with Crippen LogP contribution in [0.4, 0.5) is 5.69 Å². The van der Waals surface area contributed by atoms with Crippen LogP contribution in [0.15, 0.2) is 18.2 Å². The number of hydrogen-bond donors (Lipinski definition) is 1. The Morgan fingerprint density at radius 2 is 1.95 bits per heavy atom. The second-order valence-electron chi connectivity index (χ2n) is 5.97. The minimum Gasteiger partial charge on any atom is -0.371 e. The van der Waals surface area contributed by atoms with Crippen LogP contribution in [0.3, 0.4) is 0 Å². The zero-order valence-corrected chi connectivity index (χ0v) is 13.0. The van der Waals surface area contributed by atoms with Crippen LogP contribution in [0.1, 0.15) is 32.8 Å². The van der Waals surface area contributed by atoms with Gasteiger partial charge in [-0.3, -0.25) is 0 Å². The number of rotatable bonds is 4. The van der Waals surface area contributed by atoms with Crippen LogP contribution < -0.4 is 10.6 Å². The molecule has 1 saturated heterocycles. The molecule has 1 aromatic rings. The molecule has 19 heavy (non-hydrogen) atoms. The molecule has 3 unspecified atom stereocenters. The minimum atomic E-state index is 0.191. The molecular formula is C16H25ClN2. The molecule has 106 valence electrons. The fourth-order valence-electron chi connectivity index (χ4n) is 2.78. The van der Waals surface area contributed by atoms with Gasteiger partial charge in [-0.1, -0.05) is 38.4 Å². The van der Waals surface area contributed by atoms with Crippen molar-refractivity contribution in [2.24, 2.45) is 17.6 Å². The maximum atomic E-state index is 6.40. The fraction of sp³-hybridized carbons (Fsp3) is 0.625. The predicted octanol–water partition coefficient (Wildman–Crippen LogP) is 3.71. The van der Waals surface area contributed by atoms with E-state index < -0.39 is 0 Å². The van der Waals surface area contributed by atoms with Gasteiger partial charge in [-0.2, -0.15) is 0 Å². The van der Waals surface area contributed by atoms with Gasteiger partial charge in [-0.25, -0.2) is 0 Å². The van der Waals surface area contributed by atoms with E-state index in [1.807, 2.05) is 12.1 Å². The van der Waals surface area contributed by atoms with Crippen molar-refractivity contribution < 1.29 is 0 Å². The molecular weight excluding hydrogens is 256 g/mol. The molecule has 1 heterocycles. The summed E-state index contributed by atoms with van der Waals surface area (Å²) in [7, 11) is 0. The molecule has 0 radical (unpaired) electrons. The van der Waals surface area contributed by atoms with Gasteiger partial charge in [0.05, 0.1) is 0 Å². The highest BCUT2D eigenvalue weighted by molar-refractivity contribution is 6.31. The minimum absolute atomic E-state index is 0.191. The molecule has 0 bridgehead atoms. The van der Waals surface area contributed by atoms with E-state index in [0.717, 1.165) is 42.8 Å². The van der Waals surface area contributed by atoms with E-state index in [1.165, 1.54) is 11.3 Å². The maximum Gasteiger partial charge on any atom is 0.0459 e. The predicted molar refractivity (Wildman–Crippen MR) is 84.0 cm³/mol. The highest BCUT2D eigenvalue weighted by atomic mass is 35.5. The van der Waals surface area contributed by atoms with Crippen LogP contribution in [-0.2, 0) is 6.42 Å². The third-order valence-corrected chi connectivity index (χ3v) is 4.77. The topological polar surface area (TPSA) is 29.3 Å². The van der Waals surface area contributed by atoms with Crippen molar-refractivity contribution >= 4 is 17.3 Å². The Balaban J connectivity index is 2.27. The lowest BCUT2D eigenvalue weighted by Crippen LogP contribution is -2.25. The molecule has 1 aliphatic rings. The Morgan fingerprint density at radius 1 is 1.32 bits per heavy atom. The first-order chi connectivity index (χ1) is 9.02. The number of halogens is 1.